The predicted octanol–water partition coefficient (Wildman–Crippen LogP) is 3.52. The van der Waals surface area contributed by atoms with Crippen LogP contribution < -0.4 is 5.73 Å². The van der Waals surface area contributed by atoms with Crippen molar-refractivity contribution in [1.29, 1.82) is 0 Å². The van der Waals surface area contributed by atoms with Gasteiger partial charge in [0.15, 0.2) is 0 Å². The molecule has 0 heterocycles. The van der Waals surface area contributed by atoms with E-state index in [9.17, 15) is 9.18 Å². The van der Waals surface area contributed by atoms with Crippen LogP contribution >= 0.6 is 0 Å². The maximum Gasteiger partial charge on any atom is 0.306 e. The normalized spacial score (nSPS) is 10.7. The van der Waals surface area contributed by atoms with Crippen molar-refractivity contribution in [3.63, 3.8) is 0 Å². The Morgan fingerprint density at radius 1 is 1.43 bits per heavy atom. The van der Waals surface area contributed by atoms with Crippen molar-refractivity contribution in [1.82, 2.24) is 0 Å². The zero-order valence-electron chi connectivity index (χ0n) is 12.8. The van der Waals surface area contributed by atoms with Gasteiger partial charge in [-0.1, -0.05) is 32.6 Å². The smallest absolute Gasteiger partial charge is 0.306 e. The third kappa shape index (κ3) is 6.31. The van der Waals surface area contributed by atoms with Gasteiger partial charge in [-0.05, 0) is 30.0 Å². The van der Waals surface area contributed by atoms with Crippen LogP contribution in [0.15, 0.2) is 18.2 Å². The van der Waals surface area contributed by atoms with Gasteiger partial charge < -0.3 is 10.5 Å². The minimum Gasteiger partial charge on any atom is -0.466 e. The van der Waals surface area contributed by atoms with Crippen LogP contribution in [0.5, 0.6) is 0 Å². The lowest BCUT2D eigenvalue weighted by molar-refractivity contribution is -0.145. The predicted molar refractivity (Wildman–Crippen MR) is 82.0 cm³/mol. The lowest BCUT2D eigenvalue weighted by atomic mass is 9.86. The number of ether oxygens (including phenoxy) is 1. The molecule has 1 aromatic carbocycles. The fourth-order valence-electron chi connectivity index (χ4n) is 1.74. The van der Waals surface area contributed by atoms with E-state index in [1.54, 1.807) is 0 Å². The fraction of sp³-hybridized carbons (Fsp3) is 0.471. The average molecular weight is 291 g/mol. The van der Waals surface area contributed by atoms with Crippen LogP contribution in [0.25, 0.3) is 0 Å². The first kappa shape index (κ1) is 17.0. The minimum absolute atomic E-state index is 0.214. The van der Waals surface area contributed by atoms with Gasteiger partial charge in [0.25, 0.3) is 0 Å². The average Bonchev–Trinajstić information content (AvgIpc) is 2.39. The van der Waals surface area contributed by atoms with E-state index < -0.39 is 0 Å². The van der Waals surface area contributed by atoms with Crippen molar-refractivity contribution in [2.45, 2.75) is 40.0 Å². The van der Waals surface area contributed by atoms with Crippen LogP contribution in [-0.2, 0) is 9.53 Å². The summed E-state index contributed by atoms with van der Waals surface area (Å²) in [6.45, 7) is 6.29. The number of hydrogen-bond donors (Lipinski definition) is 1. The van der Waals surface area contributed by atoms with Gasteiger partial charge >= 0.3 is 5.97 Å². The largest absolute Gasteiger partial charge is 0.466 e. The summed E-state index contributed by atoms with van der Waals surface area (Å²) in [5.74, 6) is 5.25. The van der Waals surface area contributed by atoms with Gasteiger partial charge in [-0.15, -0.1) is 0 Å². The Labute approximate surface area is 125 Å². The van der Waals surface area contributed by atoms with Crippen molar-refractivity contribution in [2.75, 3.05) is 12.3 Å². The molecule has 0 radical (unpaired) electrons. The van der Waals surface area contributed by atoms with Gasteiger partial charge in [0, 0.05) is 12.1 Å². The Morgan fingerprint density at radius 3 is 2.81 bits per heavy atom. The maximum atomic E-state index is 13.1. The first-order valence-electron chi connectivity index (χ1n) is 7.03. The van der Waals surface area contributed by atoms with E-state index in [4.69, 9.17) is 10.5 Å². The number of carbonyl (C=O) groups is 1. The molecule has 0 aliphatic rings. The highest BCUT2D eigenvalue weighted by Crippen LogP contribution is 2.25. The molecule has 0 saturated carbocycles. The van der Waals surface area contributed by atoms with E-state index >= 15 is 0 Å². The second kappa shape index (κ2) is 7.68. The fourth-order valence-corrected chi connectivity index (χ4v) is 1.74. The van der Waals surface area contributed by atoms with Gasteiger partial charge in [-0.2, -0.15) is 0 Å². The third-order valence-electron chi connectivity index (χ3n) is 2.90. The Hall–Kier alpha value is -2.02. The summed E-state index contributed by atoms with van der Waals surface area (Å²) in [4.78, 5) is 11.6. The number of benzene rings is 1. The van der Waals surface area contributed by atoms with Crippen molar-refractivity contribution >= 4 is 11.7 Å². The van der Waals surface area contributed by atoms with Gasteiger partial charge in [-0.3, -0.25) is 4.79 Å². The number of nitrogen functional groups attached to an aromatic ring is 1. The molecule has 0 saturated heterocycles. The molecule has 1 rings (SSSR count). The number of hydrogen-bond acceptors (Lipinski definition) is 3. The highest BCUT2D eigenvalue weighted by molar-refractivity contribution is 5.70. The summed E-state index contributed by atoms with van der Waals surface area (Å²) in [6, 6.07) is 4.10. The van der Waals surface area contributed by atoms with Gasteiger partial charge in [-0.25, -0.2) is 4.39 Å². The van der Waals surface area contributed by atoms with E-state index in [2.05, 4.69) is 11.8 Å². The molecule has 1 aromatic rings. The molecule has 3 nitrogen and oxygen atoms in total. The van der Waals surface area contributed by atoms with E-state index in [0.29, 0.717) is 30.7 Å². The number of rotatable bonds is 5. The van der Waals surface area contributed by atoms with Crippen molar-refractivity contribution in [2.24, 2.45) is 5.41 Å². The molecule has 0 aliphatic heterocycles. The summed E-state index contributed by atoms with van der Waals surface area (Å²) in [5.41, 5.74) is 6.36. The lowest BCUT2D eigenvalue weighted by Gasteiger charge is -2.20. The Bertz CT molecular complexity index is 556. The number of anilines is 1. The van der Waals surface area contributed by atoms with E-state index in [1.165, 1.54) is 18.2 Å². The van der Waals surface area contributed by atoms with Crippen LogP contribution in [0.1, 0.15) is 45.6 Å². The van der Waals surface area contributed by atoms with E-state index in [0.717, 1.165) is 6.42 Å². The molecule has 0 aliphatic carbocycles. The van der Waals surface area contributed by atoms with Gasteiger partial charge in [0.1, 0.15) is 5.82 Å². The Balaban J connectivity index is 2.63. The monoisotopic (exact) mass is 291 g/mol. The molecular formula is C17H22FNO2. The number of halogens is 1. The van der Waals surface area contributed by atoms with Gasteiger partial charge in [0.05, 0.1) is 18.6 Å². The number of nitrogens with two attached hydrogens (primary N) is 1. The first-order chi connectivity index (χ1) is 9.84. The van der Waals surface area contributed by atoms with Crippen LogP contribution in [0.2, 0.25) is 0 Å². The standard InChI is InChI=1S/C17H22FNO2/c1-4-10-21-16(20)12-17(2,3)9-5-6-13-11-14(18)7-8-15(13)19/h7-8,11H,4,9-10,12,19H2,1-3H3. The van der Waals surface area contributed by atoms with Crippen LogP contribution in [0, 0.1) is 23.1 Å². The van der Waals surface area contributed by atoms with Crippen LogP contribution in [0.3, 0.4) is 0 Å². The number of carbonyl (C=O) groups excluding carboxylic acids is 1. The molecule has 0 bridgehead atoms. The summed E-state index contributed by atoms with van der Waals surface area (Å²) >= 11 is 0. The topological polar surface area (TPSA) is 52.3 Å². The minimum atomic E-state index is -0.365. The lowest BCUT2D eigenvalue weighted by Crippen LogP contribution is -2.18. The molecule has 4 heteroatoms. The summed E-state index contributed by atoms with van der Waals surface area (Å²) < 4.78 is 18.2. The van der Waals surface area contributed by atoms with E-state index in [1.807, 2.05) is 20.8 Å². The number of esters is 1. The SMILES string of the molecule is CCCOC(=O)CC(C)(C)CC#Cc1cc(F)ccc1N. The van der Waals surface area contributed by atoms with Gasteiger partial charge in [0.2, 0.25) is 0 Å². The van der Waals surface area contributed by atoms with Crippen LogP contribution in [-0.4, -0.2) is 12.6 Å². The summed E-state index contributed by atoms with van der Waals surface area (Å²) in [5, 5.41) is 0. The Morgan fingerprint density at radius 2 is 2.14 bits per heavy atom. The van der Waals surface area contributed by atoms with Crippen molar-refractivity contribution in [3.8, 4) is 11.8 Å². The van der Waals surface area contributed by atoms with Crippen LogP contribution in [0.4, 0.5) is 10.1 Å². The second-order valence-corrected chi connectivity index (χ2v) is 5.77. The summed E-state index contributed by atoms with van der Waals surface area (Å²) in [6.07, 6.45) is 1.62. The maximum absolute atomic E-state index is 13.1. The molecular weight excluding hydrogens is 269 g/mol. The van der Waals surface area contributed by atoms with E-state index in [-0.39, 0.29) is 17.2 Å². The first-order valence-corrected chi connectivity index (χ1v) is 7.03. The molecule has 2 N–H and O–H groups in total. The van der Waals surface area contributed by atoms with Crippen molar-refractivity contribution in [3.05, 3.63) is 29.6 Å². The highest BCUT2D eigenvalue weighted by Gasteiger charge is 2.21. The molecule has 0 spiro atoms. The molecule has 114 valence electrons. The third-order valence-corrected chi connectivity index (χ3v) is 2.90. The zero-order chi connectivity index (χ0) is 15.9. The highest BCUT2D eigenvalue weighted by atomic mass is 19.1. The molecule has 0 amide bonds. The summed E-state index contributed by atoms with van der Waals surface area (Å²) in [7, 11) is 0. The quantitative estimate of drug-likeness (QED) is 0.513. The molecule has 21 heavy (non-hydrogen) atoms. The Kier molecular flexibility index (Phi) is 6.23. The zero-order valence-corrected chi connectivity index (χ0v) is 12.8. The second-order valence-electron chi connectivity index (χ2n) is 5.77. The van der Waals surface area contributed by atoms with Crippen molar-refractivity contribution < 1.29 is 13.9 Å². The molecule has 0 unspecified atom stereocenters. The molecule has 0 aromatic heterocycles. The molecule has 0 fully saturated rings. The molecule has 0 atom stereocenters.